The van der Waals surface area contributed by atoms with Crippen LogP contribution in [0.5, 0.6) is 0 Å². The summed E-state index contributed by atoms with van der Waals surface area (Å²) < 4.78 is 0. The van der Waals surface area contributed by atoms with Crippen molar-refractivity contribution in [3.05, 3.63) is 54.1 Å². The summed E-state index contributed by atoms with van der Waals surface area (Å²) in [5, 5.41) is 2.62. The molecule has 20 heavy (non-hydrogen) atoms. The highest BCUT2D eigenvalue weighted by Crippen LogP contribution is 2.34. The molecule has 0 saturated heterocycles. The van der Waals surface area contributed by atoms with E-state index in [-0.39, 0.29) is 11.2 Å². The molecule has 0 radical (unpaired) electrons. The molecule has 1 heterocycles. The third-order valence-electron chi connectivity index (χ3n) is 3.05. The van der Waals surface area contributed by atoms with E-state index in [9.17, 15) is 4.79 Å². The van der Waals surface area contributed by atoms with Gasteiger partial charge in [-0.3, -0.25) is 9.79 Å². The normalized spacial score (nSPS) is 17.9. The molecule has 0 bridgehead atoms. The number of carbonyl (C=O) groups excluding carboxylic acids is 1. The van der Waals surface area contributed by atoms with Gasteiger partial charge in [-0.05, 0) is 31.2 Å². The fourth-order valence-electron chi connectivity index (χ4n) is 1.95. The number of aryl methyl sites for hydroxylation is 1. The quantitative estimate of drug-likeness (QED) is 0.851. The van der Waals surface area contributed by atoms with Crippen LogP contribution in [0.15, 0.2) is 58.4 Å². The van der Waals surface area contributed by atoms with E-state index in [4.69, 9.17) is 0 Å². The molecule has 1 atom stereocenters. The number of nitrogens with zero attached hydrogens (tertiary/aromatic N) is 1. The Morgan fingerprint density at radius 2 is 1.90 bits per heavy atom. The summed E-state index contributed by atoms with van der Waals surface area (Å²) in [7, 11) is 0. The summed E-state index contributed by atoms with van der Waals surface area (Å²) in [5.41, 5.74) is 2.94. The van der Waals surface area contributed by atoms with Gasteiger partial charge in [0.25, 0.3) is 0 Å². The van der Waals surface area contributed by atoms with Crippen LogP contribution in [-0.2, 0) is 4.79 Å². The molecule has 1 aliphatic heterocycles. The Kier molecular flexibility index (Phi) is 3.56. The molecule has 100 valence electrons. The highest BCUT2D eigenvalue weighted by atomic mass is 32.2. The number of rotatable bonds is 2. The minimum absolute atomic E-state index is 0.0236. The predicted octanol–water partition coefficient (Wildman–Crippen LogP) is 3.81. The van der Waals surface area contributed by atoms with Crippen LogP contribution < -0.4 is 5.32 Å². The lowest BCUT2D eigenvalue weighted by molar-refractivity contribution is -0.114. The Balaban J connectivity index is 1.78. The first-order chi connectivity index (χ1) is 9.72. The van der Waals surface area contributed by atoms with Crippen LogP contribution in [-0.4, -0.2) is 17.4 Å². The fraction of sp³-hybridized carbons (Fsp3) is 0.125. The number of hydrogen-bond donors (Lipinski definition) is 1. The van der Waals surface area contributed by atoms with Gasteiger partial charge in [0.15, 0.2) is 0 Å². The third-order valence-corrected chi connectivity index (χ3v) is 4.25. The fourth-order valence-corrected chi connectivity index (χ4v) is 2.91. The van der Waals surface area contributed by atoms with Crippen molar-refractivity contribution >= 4 is 35.3 Å². The Hall–Kier alpha value is -2.07. The molecule has 0 aromatic heterocycles. The van der Waals surface area contributed by atoms with E-state index in [1.54, 1.807) is 6.21 Å². The zero-order valence-corrected chi connectivity index (χ0v) is 11.9. The van der Waals surface area contributed by atoms with E-state index in [1.165, 1.54) is 17.3 Å². The molecule has 3 nitrogen and oxygen atoms in total. The van der Waals surface area contributed by atoms with Gasteiger partial charge in [-0.15, -0.1) is 11.8 Å². The molecule has 1 unspecified atom stereocenters. The van der Waals surface area contributed by atoms with Crippen molar-refractivity contribution in [1.82, 2.24) is 0 Å². The lowest BCUT2D eigenvalue weighted by Gasteiger charge is -2.21. The molecule has 0 spiro atoms. The maximum atomic E-state index is 12.0. The van der Waals surface area contributed by atoms with Gasteiger partial charge in [0.1, 0.15) is 5.25 Å². The number of amides is 1. The molecule has 1 amide bonds. The summed E-state index contributed by atoms with van der Waals surface area (Å²) >= 11 is 1.53. The number of para-hydroxylation sites is 1. The van der Waals surface area contributed by atoms with Gasteiger partial charge in [-0.1, -0.05) is 29.8 Å². The molecule has 1 aliphatic rings. The van der Waals surface area contributed by atoms with Crippen LogP contribution in [0.4, 0.5) is 11.4 Å². The smallest absolute Gasteiger partial charge is 0.243 e. The first-order valence-electron chi connectivity index (χ1n) is 6.40. The number of nitrogens with one attached hydrogen (secondary N) is 1. The van der Waals surface area contributed by atoms with Crippen molar-refractivity contribution in [3.63, 3.8) is 0 Å². The van der Waals surface area contributed by atoms with Gasteiger partial charge in [0.2, 0.25) is 5.91 Å². The zero-order valence-electron chi connectivity index (χ0n) is 11.0. The molecule has 4 heteroatoms. The number of anilines is 1. The van der Waals surface area contributed by atoms with E-state index < -0.39 is 0 Å². The lowest BCUT2D eigenvalue weighted by Crippen LogP contribution is -2.29. The highest BCUT2D eigenvalue weighted by Gasteiger charge is 2.24. The average molecular weight is 282 g/mol. The van der Waals surface area contributed by atoms with Crippen molar-refractivity contribution in [2.75, 3.05) is 5.32 Å². The van der Waals surface area contributed by atoms with Gasteiger partial charge >= 0.3 is 0 Å². The minimum Gasteiger partial charge on any atom is -0.324 e. The van der Waals surface area contributed by atoms with Crippen molar-refractivity contribution < 1.29 is 4.79 Å². The van der Waals surface area contributed by atoms with Crippen LogP contribution in [0.3, 0.4) is 0 Å². The Morgan fingerprint density at radius 3 is 2.70 bits per heavy atom. The second kappa shape index (κ2) is 5.51. The van der Waals surface area contributed by atoms with Crippen LogP contribution in [0.2, 0.25) is 0 Å². The molecular weight excluding hydrogens is 268 g/mol. The van der Waals surface area contributed by atoms with Crippen LogP contribution in [0.1, 0.15) is 5.56 Å². The molecule has 1 N–H and O–H groups in total. The standard InChI is InChI=1S/C16H14N2OS/c1-11-6-8-12(9-7-11)17-10-15-16(19)18-13-4-2-3-5-14(13)20-15/h2-10,15H,1H3,(H,18,19). The van der Waals surface area contributed by atoms with E-state index in [2.05, 4.69) is 10.3 Å². The summed E-state index contributed by atoms with van der Waals surface area (Å²) in [5.74, 6) is -0.0236. The van der Waals surface area contributed by atoms with E-state index in [0.717, 1.165) is 16.3 Å². The van der Waals surface area contributed by atoms with E-state index in [1.807, 2.05) is 55.5 Å². The van der Waals surface area contributed by atoms with Crippen molar-refractivity contribution in [2.45, 2.75) is 17.1 Å². The average Bonchev–Trinajstić information content (AvgIpc) is 2.47. The molecule has 0 saturated carbocycles. The Labute approximate surface area is 122 Å². The molecular formula is C16H14N2OS. The maximum Gasteiger partial charge on any atom is 0.243 e. The SMILES string of the molecule is Cc1ccc(N=CC2Sc3ccccc3NC2=O)cc1. The van der Waals surface area contributed by atoms with Gasteiger partial charge in [0.05, 0.1) is 11.4 Å². The first kappa shape index (κ1) is 12.9. The summed E-state index contributed by atoms with van der Waals surface area (Å²) in [6, 6.07) is 15.7. The molecule has 0 fully saturated rings. The lowest BCUT2D eigenvalue weighted by atomic mass is 10.2. The predicted molar refractivity (Wildman–Crippen MR) is 84.0 cm³/mol. The third kappa shape index (κ3) is 2.75. The summed E-state index contributed by atoms with van der Waals surface area (Å²) in [6.45, 7) is 2.04. The van der Waals surface area contributed by atoms with Crippen molar-refractivity contribution in [2.24, 2.45) is 4.99 Å². The van der Waals surface area contributed by atoms with Crippen LogP contribution in [0, 0.1) is 6.92 Å². The van der Waals surface area contributed by atoms with Crippen LogP contribution in [0.25, 0.3) is 0 Å². The van der Waals surface area contributed by atoms with Gasteiger partial charge < -0.3 is 5.32 Å². The van der Waals surface area contributed by atoms with E-state index >= 15 is 0 Å². The Bertz CT molecular complexity index is 664. The number of carbonyl (C=O) groups is 1. The van der Waals surface area contributed by atoms with Crippen molar-refractivity contribution in [3.8, 4) is 0 Å². The second-order valence-corrected chi connectivity index (χ2v) is 5.82. The number of benzene rings is 2. The first-order valence-corrected chi connectivity index (χ1v) is 7.28. The van der Waals surface area contributed by atoms with E-state index in [0.29, 0.717) is 0 Å². The molecule has 2 aromatic rings. The number of fused-ring (bicyclic) bond motifs is 1. The van der Waals surface area contributed by atoms with Gasteiger partial charge in [-0.2, -0.15) is 0 Å². The van der Waals surface area contributed by atoms with Crippen molar-refractivity contribution in [1.29, 1.82) is 0 Å². The molecule has 2 aromatic carbocycles. The largest absolute Gasteiger partial charge is 0.324 e. The minimum atomic E-state index is -0.286. The summed E-state index contributed by atoms with van der Waals surface area (Å²) in [6.07, 6.45) is 1.71. The zero-order chi connectivity index (χ0) is 13.9. The number of thioether (sulfide) groups is 1. The summed E-state index contributed by atoms with van der Waals surface area (Å²) in [4.78, 5) is 17.5. The monoisotopic (exact) mass is 282 g/mol. The Morgan fingerprint density at radius 1 is 1.15 bits per heavy atom. The van der Waals surface area contributed by atoms with Gasteiger partial charge in [-0.25, -0.2) is 0 Å². The van der Waals surface area contributed by atoms with Crippen LogP contribution >= 0.6 is 11.8 Å². The number of aliphatic imine (C=N–C) groups is 1. The van der Waals surface area contributed by atoms with Gasteiger partial charge in [0, 0.05) is 11.1 Å². The maximum absolute atomic E-state index is 12.0. The second-order valence-electron chi connectivity index (χ2n) is 4.64. The molecule has 3 rings (SSSR count). The topological polar surface area (TPSA) is 41.5 Å². The number of hydrogen-bond acceptors (Lipinski definition) is 3. The highest BCUT2D eigenvalue weighted by molar-refractivity contribution is 8.01. The molecule has 0 aliphatic carbocycles.